The number of nitriles is 1. The Morgan fingerprint density at radius 1 is 1.47 bits per heavy atom. The lowest BCUT2D eigenvalue weighted by atomic mass is 9.90. The number of nitrogens with two attached hydrogens (primary N) is 1. The van der Waals surface area contributed by atoms with Crippen LogP contribution in [0.15, 0.2) is 16.9 Å². The van der Waals surface area contributed by atoms with Crippen molar-refractivity contribution in [2.24, 2.45) is 5.73 Å². The molecule has 1 rings (SSSR count). The molecule has 0 aliphatic heterocycles. The smallest absolute Gasteiger partial charge is 0.268 e. The molecule has 17 heavy (non-hydrogen) atoms. The summed E-state index contributed by atoms with van der Waals surface area (Å²) in [5.41, 5.74) is 6.29. The topological polar surface area (TPSA) is 71.8 Å². The molecular weight excluding hydrogens is 214 g/mol. The molecule has 1 aromatic heterocycles. The molecule has 0 aliphatic rings. The lowest BCUT2D eigenvalue weighted by Crippen LogP contribution is -2.35. The molecule has 0 radical (unpaired) electrons. The summed E-state index contributed by atoms with van der Waals surface area (Å²) in [6.45, 7) is 8.37. The van der Waals surface area contributed by atoms with Crippen LogP contribution in [0.1, 0.15) is 45.0 Å². The number of pyridine rings is 1. The number of hydrogen-bond acceptors (Lipinski definition) is 3. The Morgan fingerprint density at radius 3 is 2.47 bits per heavy atom. The minimum absolute atomic E-state index is 0.106. The molecule has 1 heterocycles. The maximum atomic E-state index is 12.2. The third kappa shape index (κ3) is 2.56. The lowest BCUT2D eigenvalue weighted by molar-refractivity contribution is 0.451. The fraction of sp³-hybridized carbons (Fsp3) is 0.538. The summed E-state index contributed by atoms with van der Waals surface area (Å²) in [5, 5.41) is 8.90. The third-order valence-electron chi connectivity index (χ3n) is 2.79. The summed E-state index contributed by atoms with van der Waals surface area (Å²) in [7, 11) is 0. The van der Waals surface area contributed by atoms with Gasteiger partial charge in [-0.25, -0.2) is 0 Å². The molecule has 0 saturated carbocycles. The first kappa shape index (κ1) is 13.5. The monoisotopic (exact) mass is 233 g/mol. The second-order valence-electron chi connectivity index (χ2n) is 5.25. The van der Waals surface area contributed by atoms with E-state index in [-0.39, 0.29) is 22.6 Å². The highest BCUT2D eigenvalue weighted by Gasteiger charge is 2.22. The van der Waals surface area contributed by atoms with Gasteiger partial charge in [-0.1, -0.05) is 20.8 Å². The van der Waals surface area contributed by atoms with Crippen LogP contribution in [0.25, 0.3) is 0 Å². The molecule has 0 spiro atoms. The van der Waals surface area contributed by atoms with E-state index in [9.17, 15) is 4.79 Å². The van der Waals surface area contributed by atoms with Crippen LogP contribution in [0.3, 0.4) is 0 Å². The second kappa shape index (κ2) is 4.72. The number of rotatable bonds is 2. The van der Waals surface area contributed by atoms with E-state index in [1.165, 1.54) is 0 Å². The first-order valence-electron chi connectivity index (χ1n) is 5.69. The van der Waals surface area contributed by atoms with Gasteiger partial charge in [0.15, 0.2) is 0 Å². The van der Waals surface area contributed by atoms with Gasteiger partial charge < -0.3 is 10.3 Å². The molecule has 0 bridgehead atoms. The Kier molecular flexibility index (Phi) is 3.74. The minimum atomic E-state index is -0.252. The number of nitrogens with zero attached hydrogens (tertiary/aromatic N) is 2. The zero-order chi connectivity index (χ0) is 13.2. The highest BCUT2D eigenvalue weighted by Crippen LogP contribution is 2.23. The molecule has 1 aromatic rings. The van der Waals surface area contributed by atoms with Crippen LogP contribution in [0.4, 0.5) is 0 Å². The van der Waals surface area contributed by atoms with E-state index in [2.05, 4.69) is 0 Å². The Morgan fingerprint density at radius 2 is 2.06 bits per heavy atom. The normalized spacial score (nSPS) is 13.2. The molecule has 0 aromatic carbocycles. The Hall–Kier alpha value is -1.60. The zero-order valence-corrected chi connectivity index (χ0v) is 10.8. The van der Waals surface area contributed by atoms with Gasteiger partial charge in [-0.05, 0) is 19.1 Å². The summed E-state index contributed by atoms with van der Waals surface area (Å²) in [5.74, 6) is 0. The molecule has 4 heteroatoms. The van der Waals surface area contributed by atoms with Crippen molar-refractivity contribution < 1.29 is 0 Å². The van der Waals surface area contributed by atoms with Gasteiger partial charge in [-0.2, -0.15) is 5.26 Å². The van der Waals surface area contributed by atoms with Gasteiger partial charge in [0.05, 0.1) is 0 Å². The summed E-state index contributed by atoms with van der Waals surface area (Å²) in [6, 6.07) is 5.24. The second-order valence-corrected chi connectivity index (χ2v) is 5.25. The van der Waals surface area contributed by atoms with Gasteiger partial charge in [0.25, 0.3) is 5.56 Å². The highest BCUT2D eigenvalue weighted by molar-refractivity contribution is 5.30. The standard InChI is InChI=1S/C13H19N3O/c1-9(7-14)16-11(13(2,3)4)6-5-10(8-15)12(16)17/h5-6,9H,7,14H2,1-4H3. The molecule has 1 unspecified atom stereocenters. The predicted molar refractivity (Wildman–Crippen MR) is 67.9 cm³/mol. The van der Waals surface area contributed by atoms with Crippen LogP contribution in [0.2, 0.25) is 0 Å². The van der Waals surface area contributed by atoms with Crippen molar-refractivity contribution >= 4 is 0 Å². The molecule has 0 saturated heterocycles. The summed E-state index contributed by atoms with van der Waals surface area (Å²) >= 11 is 0. The van der Waals surface area contributed by atoms with E-state index in [1.807, 2.05) is 39.8 Å². The molecule has 0 fully saturated rings. The van der Waals surface area contributed by atoms with Crippen molar-refractivity contribution in [2.75, 3.05) is 6.54 Å². The van der Waals surface area contributed by atoms with Crippen LogP contribution in [0.5, 0.6) is 0 Å². The minimum Gasteiger partial charge on any atom is -0.328 e. The van der Waals surface area contributed by atoms with Crippen LogP contribution in [-0.4, -0.2) is 11.1 Å². The molecule has 0 amide bonds. The fourth-order valence-corrected chi connectivity index (χ4v) is 1.79. The molecular formula is C13H19N3O. The summed E-state index contributed by atoms with van der Waals surface area (Å²) in [6.07, 6.45) is 0. The third-order valence-corrected chi connectivity index (χ3v) is 2.79. The van der Waals surface area contributed by atoms with Crippen molar-refractivity contribution in [3.05, 3.63) is 33.7 Å². The molecule has 0 aliphatic carbocycles. The molecule has 2 N–H and O–H groups in total. The van der Waals surface area contributed by atoms with Crippen LogP contribution in [0, 0.1) is 11.3 Å². The quantitative estimate of drug-likeness (QED) is 0.842. The van der Waals surface area contributed by atoms with E-state index in [0.717, 1.165) is 5.69 Å². The van der Waals surface area contributed by atoms with E-state index < -0.39 is 0 Å². The van der Waals surface area contributed by atoms with Crippen molar-refractivity contribution in [1.82, 2.24) is 4.57 Å². The highest BCUT2D eigenvalue weighted by atomic mass is 16.1. The van der Waals surface area contributed by atoms with Gasteiger partial charge in [0, 0.05) is 23.7 Å². The first-order chi connectivity index (χ1) is 7.82. The van der Waals surface area contributed by atoms with E-state index in [4.69, 9.17) is 11.0 Å². The molecule has 4 nitrogen and oxygen atoms in total. The van der Waals surface area contributed by atoms with Gasteiger partial charge in [-0.3, -0.25) is 4.79 Å². The Bertz CT molecular complexity index is 503. The zero-order valence-electron chi connectivity index (χ0n) is 10.8. The van der Waals surface area contributed by atoms with Gasteiger partial charge in [0.1, 0.15) is 11.6 Å². The Labute approximate surface area is 102 Å². The van der Waals surface area contributed by atoms with Crippen molar-refractivity contribution in [3.8, 4) is 6.07 Å². The fourth-order valence-electron chi connectivity index (χ4n) is 1.79. The van der Waals surface area contributed by atoms with Crippen molar-refractivity contribution in [2.45, 2.75) is 39.2 Å². The predicted octanol–water partition coefficient (Wildman–Crippen LogP) is 1.54. The van der Waals surface area contributed by atoms with Crippen LogP contribution < -0.4 is 11.3 Å². The van der Waals surface area contributed by atoms with Gasteiger partial charge >= 0.3 is 0 Å². The molecule has 1 atom stereocenters. The van der Waals surface area contributed by atoms with Crippen LogP contribution in [-0.2, 0) is 5.41 Å². The van der Waals surface area contributed by atoms with Crippen LogP contribution >= 0.6 is 0 Å². The summed E-state index contributed by atoms with van der Waals surface area (Å²) < 4.78 is 1.64. The summed E-state index contributed by atoms with van der Waals surface area (Å²) in [4.78, 5) is 12.2. The van der Waals surface area contributed by atoms with E-state index in [1.54, 1.807) is 10.6 Å². The van der Waals surface area contributed by atoms with Gasteiger partial charge in [-0.15, -0.1) is 0 Å². The van der Waals surface area contributed by atoms with Crippen molar-refractivity contribution in [3.63, 3.8) is 0 Å². The van der Waals surface area contributed by atoms with Gasteiger partial charge in [0.2, 0.25) is 0 Å². The Balaban J connectivity index is 3.60. The average Bonchev–Trinajstić information content (AvgIpc) is 2.26. The largest absolute Gasteiger partial charge is 0.328 e. The van der Waals surface area contributed by atoms with Crippen molar-refractivity contribution in [1.29, 1.82) is 5.26 Å². The number of aromatic nitrogens is 1. The maximum absolute atomic E-state index is 12.2. The SMILES string of the molecule is CC(CN)n1c(C(C)(C)C)ccc(C#N)c1=O. The van der Waals surface area contributed by atoms with E-state index >= 15 is 0 Å². The molecule has 92 valence electrons. The van der Waals surface area contributed by atoms with E-state index in [0.29, 0.717) is 6.54 Å². The first-order valence-corrected chi connectivity index (χ1v) is 5.69. The lowest BCUT2D eigenvalue weighted by Gasteiger charge is -2.27. The number of hydrogen-bond donors (Lipinski definition) is 1. The maximum Gasteiger partial charge on any atom is 0.268 e. The average molecular weight is 233 g/mol.